The normalized spacial score (nSPS) is 14.9. The number of halogens is 3. The lowest BCUT2D eigenvalue weighted by Gasteiger charge is -2.22. The van der Waals surface area contributed by atoms with E-state index in [1.165, 1.54) is 51.9 Å². The molecule has 4 aromatic rings. The van der Waals surface area contributed by atoms with Gasteiger partial charge in [-0.1, -0.05) is 56.8 Å². The third kappa shape index (κ3) is 8.50. The van der Waals surface area contributed by atoms with Crippen LogP contribution in [0.15, 0.2) is 78.0 Å². The molecule has 1 aromatic heterocycles. The van der Waals surface area contributed by atoms with Gasteiger partial charge in [0.2, 0.25) is 5.91 Å². The van der Waals surface area contributed by atoms with E-state index < -0.39 is 12.4 Å². The van der Waals surface area contributed by atoms with Crippen LogP contribution in [0.2, 0.25) is 0 Å². The fourth-order valence-electron chi connectivity index (χ4n) is 4.98. The van der Waals surface area contributed by atoms with Crippen molar-refractivity contribution in [3.8, 4) is 28.6 Å². The molecule has 1 unspecified atom stereocenters. The number of alkyl halides is 3. The number of anilines is 1. The van der Waals surface area contributed by atoms with Crippen LogP contribution < -0.4 is 19.7 Å². The largest absolute Gasteiger partial charge is 0.573 e. The number of methoxy groups -OCH3 is 1. The van der Waals surface area contributed by atoms with E-state index in [4.69, 9.17) is 4.74 Å². The van der Waals surface area contributed by atoms with Gasteiger partial charge >= 0.3 is 12.4 Å². The first-order chi connectivity index (χ1) is 22.4. The van der Waals surface area contributed by atoms with Gasteiger partial charge in [0.25, 0.3) is 0 Å². The molecule has 0 saturated carbocycles. The van der Waals surface area contributed by atoms with Crippen LogP contribution in [-0.4, -0.2) is 57.6 Å². The zero-order valence-corrected chi connectivity index (χ0v) is 26.9. The van der Waals surface area contributed by atoms with Crippen molar-refractivity contribution < 1.29 is 32.2 Å². The van der Waals surface area contributed by atoms with Crippen molar-refractivity contribution in [2.24, 2.45) is 10.9 Å². The minimum absolute atomic E-state index is 0.0923. The van der Waals surface area contributed by atoms with Gasteiger partial charge in [-0.05, 0) is 71.8 Å². The van der Waals surface area contributed by atoms with E-state index in [2.05, 4.69) is 25.1 Å². The van der Waals surface area contributed by atoms with Crippen molar-refractivity contribution in [2.45, 2.75) is 39.5 Å². The van der Waals surface area contributed by atoms with Crippen LogP contribution >= 0.6 is 11.8 Å². The Labute approximate surface area is 274 Å². The third-order valence-corrected chi connectivity index (χ3v) is 8.21. The number of rotatable bonds is 10. The topological polar surface area (TPSA) is 111 Å². The molecule has 10 nitrogen and oxygen atoms in total. The minimum Gasteiger partial charge on any atom is -0.497 e. The van der Waals surface area contributed by atoms with Gasteiger partial charge in [-0.15, -0.1) is 18.3 Å². The lowest BCUT2D eigenvalue weighted by molar-refractivity contribution is -0.274. The summed E-state index contributed by atoms with van der Waals surface area (Å²) in [7, 11) is 1.59. The summed E-state index contributed by atoms with van der Waals surface area (Å²) in [5.74, 6) is 1.10. The number of carbonyl (C=O) groups excluding carboxylic acids is 2. The first-order valence-corrected chi connectivity index (χ1v) is 15.8. The Hall–Kier alpha value is -4.85. The molecule has 1 atom stereocenters. The fourth-order valence-corrected chi connectivity index (χ4v) is 5.84. The molecule has 1 N–H and O–H groups in total. The fraction of sp³-hybridized carbons (Fsp3) is 0.303. The summed E-state index contributed by atoms with van der Waals surface area (Å²) in [6, 6.07) is 18.0. The SMILES string of the molecule is COc1ccc(N2C(=O)CS/C2=N\C(=O)NCC(C)Cc2ccc(-c3ncn(-c4ccc(OC(F)(F)F)cc4)n3)cc2)c(C(C)C)c1. The van der Waals surface area contributed by atoms with E-state index in [1.54, 1.807) is 13.2 Å². The number of benzene rings is 3. The molecule has 1 fully saturated rings. The Morgan fingerprint density at radius 1 is 1.04 bits per heavy atom. The molecular weight excluding hydrogens is 633 g/mol. The molecule has 0 radical (unpaired) electrons. The minimum atomic E-state index is -4.76. The van der Waals surface area contributed by atoms with Crippen LogP contribution in [0.5, 0.6) is 11.5 Å². The average Bonchev–Trinajstić information content (AvgIpc) is 3.67. The molecule has 1 saturated heterocycles. The lowest BCUT2D eigenvalue weighted by Crippen LogP contribution is -2.33. The van der Waals surface area contributed by atoms with Crippen molar-refractivity contribution >= 4 is 34.6 Å². The lowest BCUT2D eigenvalue weighted by atomic mass is 10.00. The van der Waals surface area contributed by atoms with E-state index in [9.17, 15) is 22.8 Å². The molecule has 0 spiro atoms. The van der Waals surface area contributed by atoms with E-state index in [0.29, 0.717) is 41.1 Å². The maximum Gasteiger partial charge on any atom is 0.573 e. The van der Waals surface area contributed by atoms with Gasteiger partial charge in [-0.3, -0.25) is 9.69 Å². The molecule has 47 heavy (non-hydrogen) atoms. The van der Waals surface area contributed by atoms with Gasteiger partial charge in [0.1, 0.15) is 17.8 Å². The second kappa shape index (κ2) is 14.3. The van der Waals surface area contributed by atoms with E-state index >= 15 is 0 Å². The highest BCUT2D eigenvalue weighted by Crippen LogP contribution is 2.35. The molecule has 1 aliphatic heterocycles. The summed E-state index contributed by atoms with van der Waals surface area (Å²) in [4.78, 5) is 35.7. The number of carbonyl (C=O) groups is 2. The Kier molecular flexibility index (Phi) is 10.2. The zero-order chi connectivity index (χ0) is 33.7. The Balaban J connectivity index is 1.16. The Morgan fingerprint density at radius 2 is 1.74 bits per heavy atom. The predicted octanol–water partition coefficient (Wildman–Crippen LogP) is 6.99. The molecule has 3 aromatic carbocycles. The van der Waals surface area contributed by atoms with Gasteiger partial charge in [0, 0.05) is 12.1 Å². The summed E-state index contributed by atoms with van der Waals surface area (Å²) >= 11 is 1.23. The maximum absolute atomic E-state index is 12.8. The zero-order valence-electron chi connectivity index (χ0n) is 26.1. The van der Waals surface area contributed by atoms with Crippen molar-refractivity contribution in [1.29, 1.82) is 0 Å². The third-order valence-electron chi connectivity index (χ3n) is 7.28. The number of nitrogens with one attached hydrogen (secondary N) is 1. The smallest absolute Gasteiger partial charge is 0.497 e. The molecular formula is C33H33F3N6O4S. The summed E-state index contributed by atoms with van der Waals surface area (Å²) in [5, 5.41) is 7.63. The van der Waals surface area contributed by atoms with E-state index in [-0.39, 0.29) is 29.2 Å². The highest BCUT2D eigenvalue weighted by Gasteiger charge is 2.33. The van der Waals surface area contributed by atoms with E-state index in [0.717, 1.165) is 16.7 Å². The molecule has 0 bridgehead atoms. The summed E-state index contributed by atoms with van der Waals surface area (Å²) in [5.41, 5.74) is 3.96. The molecule has 2 heterocycles. The standard InChI is InChI=1S/C33H33F3N6O4S/c1-20(2)27-16-26(45-4)13-14-28(27)42-29(43)18-47-32(42)39-31(44)37-17-21(3)15-22-5-7-23(8-6-22)30-38-19-41(40-30)24-9-11-25(12-10-24)46-33(34,35)36/h5-14,16,19-21H,15,17-18H2,1-4H3,(H,37,44)/b39-32-. The van der Waals surface area contributed by atoms with Crippen molar-refractivity contribution in [2.75, 3.05) is 24.3 Å². The van der Waals surface area contributed by atoms with Gasteiger partial charge in [0.15, 0.2) is 11.0 Å². The number of thioether (sulfide) groups is 1. The monoisotopic (exact) mass is 666 g/mol. The summed E-state index contributed by atoms with van der Waals surface area (Å²) < 4.78 is 48.0. The van der Waals surface area contributed by atoms with Crippen molar-refractivity contribution in [3.05, 3.63) is 84.2 Å². The van der Waals surface area contributed by atoms with Crippen LogP contribution in [0.1, 0.15) is 37.8 Å². The highest BCUT2D eigenvalue weighted by molar-refractivity contribution is 8.15. The maximum atomic E-state index is 12.8. The number of aliphatic imine (C=N–C) groups is 1. The van der Waals surface area contributed by atoms with Crippen molar-refractivity contribution in [3.63, 3.8) is 0 Å². The van der Waals surface area contributed by atoms with Gasteiger partial charge in [-0.25, -0.2) is 14.5 Å². The second-order valence-electron chi connectivity index (χ2n) is 11.2. The number of ether oxygens (including phenoxy) is 2. The molecule has 0 aliphatic carbocycles. The number of amidine groups is 1. The number of amides is 3. The summed E-state index contributed by atoms with van der Waals surface area (Å²) in [6.45, 7) is 6.46. The highest BCUT2D eigenvalue weighted by atomic mass is 32.2. The Bertz CT molecular complexity index is 1760. The van der Waals surface area contributed by atoms with Crippen LogP contribution in [0.25, 0.3) is 17.1 Å². The van der Waals surface area contributed by atoms with Crippen LogP contribution in [0, 0.1) is 5.92 Å². The van der Waals surface area contributed by atoms with Crippen LogP contribution in [0.4, 0.5) is 23.7 Å². The number of hydrogen-bond donors (Lipinski definition) is 1. The molecule has 3 amide bonds. The Morgan fingerprint density at radius 3 is 2.40 bits per heavy atom. The molecule has 1 aliphatic rings. The van der Waals surface area contributed by atoms with Gasteiger partial charge in [-0.2, -0.15) is 4.99 Å². The first-order valence-electron chi connectivity index (χ1n) is 14.8. The molecule has 246 valence electrons. The summed E-state index contributed by atoms with van der Waals surface area (Å²) in [6.07, 6.45) is -2.59. The number of urea groups is 1. The average molecular weight is 667 g/mol. The number of aromatic nitrogens is 3. The molecule has 14 heteroatoms. The number of nitrogens with zero attached hydrogens (tertiary/aromatic N) is 5. The van der Waals surface area contributed by atoms with Gasteiger partial charge in [0.05, 0.1) is 24.2 Å². The van der Waals surface area contributed by atoms with Crippen molar-refractivity contribution in [1.82, 2.24) is 20.1 Å². The predicted molar refractivity (Wildman–Crippen MR) is 174 cm³/mol. The van der Waals surface area contributed by atoms with Gasteiger partial charge < -0.3 is 14.8 Å². The number of hydrogen-bond acceptors (Lipinski definition) is 7. The quantitative estimate of drug-likeness (QED) is 0.194. The first kappa shape index (κ1) is 33.5. The second-order valence-corrected chi connectivity index (χ2v) is 12.2. The van der Waals surface area contributed by atoms with Crippen LogP contribution in [0.3, 0.4) is 0 Å². The van der Waals surface area contributed by atoms with E-state index in [1.807, 2.05) is 57.2 Å². The molecule has 5 rings (SSSR count). The van der Waals surface area contributed by atoms with Crippen LogP contribution in [-0.2, 0) is 11.2 Å².